The predicted molar refractivity (Wildman–Crippen MR) is 75.5 cm³/mol. The summed E-state index contributed by atoms with van der Waals surface area (Å²) in [5.74, 6) is -0.912. The average Bonchev–Trinajstić information content (AvgIpc) is 2.91. The summed E-state index contributed by atoms with van der Waals surface area (Å²) in [5, 5.41) is 9.30. The molecule has 112 valence electrons. The molecule has 0 amide bonds. The third-order valence-electron chi connectivity index (χ3n) is 2.69. The number of carbonyl (C=O) groups is 1. The Balaban J connectivity index is 2.27. The van der Waals surface area contributed by atoms with E-state index in [2.05, 4.69) is 4.72 Å². The van der Waals surface area contributed by atoms with Crippen molar-refractivity contribution in [3.8, 4) is 0 Å². The van der Waals surface area contributed by atoms with Crippen LogP contribution in [0.4, 0.5) is 0 Å². The molecule has 1 aromatic carbocycles. The van der Waals surface area contributed by atoms with Crippen LogP contribution in [0.25, 0.3) is 0 Å². The van der Waals surface area contributed by atoms with Gasteiger partial charge in [-0.1, -0.05) is 11.6 Å². The van der Waals surface area contributed by atoms with Crippen LogP contribution in [0, 0.1) is 0 Å². The summed E-state index contributed by atoms with van der Waals surface area (Å²) in [6, 6.07) is 7.64. The van der Waals surface area contributed by atoms with Crippen LogP contribution >= 0.6 is 11.6 Å². The van der Waals surface area contributed by atoms with Gasteiger partial charge in [-0.25, -0.2) is 8.42 Å². The molecule has 1 aromatic heterocycles. The van der Waals surface area contributed by atoms with Gasteiger partial charge in [-0.3, -0.25) is 4.79 Å². The number of sulfonamides is 1. The van der Waals surface area contributed by atoms with E-state index < -0.39 is 28.5 Å². The average molecular weight is 330 g/mol. The van der Waals surface area contributed by atoms with E-state index in [-0.39, 0.29) is 10.7 Å². The second kappa shape index (κ2) is 6.30. The van der Waals surface area contributed by atoms with Crippen molar-refractivity contribution in [3.63, 3.8) is 0 Å². The number of carboxylic acids is 1. The lowest BCUT2D eigenvalue weighted by molar-refractivity contribution is -0.137. The quantitative estimate of drug-likeness (QED) is 0.848. The molecule has 0 saturated carbocycles. The molecule has 0 aliphatic rings. The summed E-state index contributed by atoms with van der Waals surface area (Å²) < 4.78 is 31.9. The Labute approximate surface area is 126 Å². The molecule has 0 bridgehead atoms. The number of nitrogens with one attached hydrogen (secondary N) is 1. The first-order valence-electron chi connectivity index (χ1n) is 5.91. The van der Waals surface area contributed by atoms with Crippen molar-refractivity contribution in [3.05, 3.63) is 53.4 Å². The molecule has 6 nitrogen and oxygen atoms in total. The molecular weight excluding hydrogens is 318 g/mol. The van der Waals surface area contributed by atoms with Crippen molar-refractivity contribution in [1.82, 2.24) is 4.72 Å². The Morgan fingerprint density at radius 3 is 2.48 bits per heavy atom. The Morgan fingerprint density at radius 2 is 1.95 bits per heavy atom. The number of halogens is 1. The van der Waals surface area contributed by atoms with E-state index in [4.69, 9.17) is 21.1 Å². The molecule has 0 aliphatic heterocycles. The van der Waals surface area contributed by atoms with Crippen LogP contribution in [0.2, 0.25) is 5.02 Å². The maximum absolute atomic E-state index is 12.2. The maximum Gasteiger partial charge on any atom is 0.305 e. The molecule has 21 heavy (non-hydrogen) atoms. The zero-order chi connectivity index (χ0) is 15.5. The highest BCUT2D eigenvalue weighted by atomic mass is 35.5. The molecule has 1 heterocycles. The van der Waals surface area contributed by atoms with E-state index >= 15 is 0 Å². The number of benzene rings is 1. The normalized spacial score (nSPS) is 13.0. The van der Waals surface area contributed by atoms with Gasteiger partial charge in [0.2, 0.25) is 10.0 Å². The summed E-state index contributed by atoms with van der Waals surface area (Å²) in [7, 11) is -3.88. The fourth-order valence-electron chi connectivity index (χ4n) is 1.73. The van der Waals surface area contributed by atoms with Crippen LogP contribution in [0.1, 0.15) is 18.2 Å². The lowest BCUT2D eigenvalue weighted by Crippen LogP contribution is -2.30. The molecule has 1 unspecified atom stereocenters. The van der Waals surface area contributed by atoms with Crippen molar-refractivity contribution >= 4 is 27.6 Å². The van der Waals surface area contributed by atoms with E-state index in [1.807, 2.05) is 0 Å². The lowest BCUT2D eigenvalue weighted by atomic mass is 10.2. The van der Waals surface area contributed by atoms with Gasteiger partial charge in [-0.05, 0) is 36.4 Å². The largest absolute Gasteiger partial charge is 0.481 e. The topological polar surface area (TPSA) is 96.6 Å². The lowest BCUT2D eigenvalue weighted by Gasteiger charge is -2.15. The summed E-state index contributed by atoms with van der Waals surface area (Å²) in [5.41, 5.74) is 0. The molecule has 0 saturated heterocycles. The number of hydrogen-bond donors (Lipinski definition) is 2. The van der Waals surface area contributed by atoms with E-state index in [9.17, 15) is 13.2 Å². The van der Waals surface area contributed by atoms with E-state index in [0.717, 1.165) is 0 Å². The Bertz CT molecular complexity index is 710. The van der Waals surface area contributed by atoms with Gasteiger partial charge < -0.3 is 9.52 Å². The van der Waals surface area contributed by atoms with Gasteiger partial charge in [0.25, 0.3) is 0 Å². The molecule has 2 N–H and O–H groups in total. The molecule has 2 rings (SSSR count). The Kier molecular flexibility index (Phi) is 4.66. The molecule has 0 radical (unpaired) electrons. The zero-order valence-electron chi connectivity index (χ0n) is 10.7. The number of furan rings is 1. The highest BCUT2D eigenvalue weighted by Crippen LogP contribution is 2.21. The van der Waals surface area contributed by atoms with Gasteiger partial charge in [-0.15, -0.1) is 0 Å². The number of carboxylic acid groups (broad SMARTS) is 1. The summed E-state index contributed by atoms with van der Waals surface area (Å²) in [6.07, 6.45) is 0.918. The third-order valence-corrected chi connectivity index (χ3v) is 4.43. The molecule has 0 spiro atoms. The predicted octanol–water partition coefficient (Wildman–Crippen LogP) is 2.43. The van der Waals surface area contributed by atoms with Gasteiger partial charge in [0.1, 0.15) is 5.76 Å². The Morgan fingerprint density at radius 1 is 1.29 bits per heavy atom. The van der Waals surface area contributed by atoms with Crippen LogP contribution in [-0.4, -0.2) is 19.5 Å². The van der Waals surface area contributed by atoms with Crippen LogP contribution in [-0.2, 0) is 14.8 Å². The zero-order valence-corrected chi connectivity index (χ0v) is 12.3. The second-order valence-corrected chi connectivity index (χ2v) is 6.39. The first-order valence-corrected chi connectivity index (χ1v) is 7.78. The van der Waals surface area contributed by atoms with Crippen molar-refractivity contribution in [1.29, 1.82) is 0 Å². The minimum Gasteiger partial charge on any atom is -0.481 e. The van der Waals surface area contributed by atoms with Crippen LogP contribution in [0.15, 0.2) is 52.0 Å². The molecule has 0 fully saturated rings. The summed E-state index contributed by atoms with van der Waals surface area (Å²) in [4.78, 5) is 10.9. The Hall–Kier alpha value is -1.83. The van der Waals surface area contributed by atoms with Crippen LogP contribution < -0.4 is 4.72 Å². The van der Waals surface area contributed by atoms with Gasteiger partial charge >= 0.3 is 5.97 Å². The van der Waals surface area contributed by atoms with Crippen molar-refractivity contribution in [2.45, 2.75) is 17.4 Å². The van der Waals surface area contributed by atoms with Gasteiger partial charge in [-0.2, -0.15) is 4.72 Å². The fraction of sp³-hybridized carbons (Fsp3) is 0.154. The third kappa shape index (κ3) is 4.07. The molecule has 8 heteroatoms. The number of hydrogen-bond acceptors (Lipinski definition) is 4. The number of rotatable bonds is 6. The van der Waals surface area contributed by atoms with Crippen molar-refractivity contribution in [2.75, 3.05) is 0 Å². The van der Waals surface area contributed by atoms with Gasteiger partial charge in [0.15, 0.2) is 0 Å². The highest BCUT2D eigenvalue weighted by molar-refractivity contribution is 7.89. The maximum atomic E-state index is 12.2. The second-order valence-electron chi connectivity index (χ2n) is 4.24. The fourth-order valence-corrected chi connectivity index (χ4v) is 3.06. The summed E-state index contributed by atoms with van der Waals surface area (Å²) in [6.45, 7) is 0. The smallest absolute Gasteiger partial charge is 0.305 e. The molecule has 2 aromatic rings. The monoisotopic (exact) mass is 329 g/mol. The van der Waals surface area contributed by atoms with Crippen LogP contribution in [0.5, 0.6) is 0 Å². The first-order chi connectivity index (χ1) is 9.88. The van der Waals surface area contributed by atoms with Gasteiger partial charge in [0.05, 0.1) is 23.6 Å². The summed E-state index contributed by atoms with van der Waals surface area (Å²) >= 11 is 5.71. The van der Waals surface area contributed by atoms with E-state index in [0.29, 0.717) is 5.02 Å². The SMILES string of the molecule is O=C(O)CC(NS(=O)(=O)c1ccc(Cl)cc1)c1ccco1. The molecular formula is C13H12ClNO5S. The standard InChI is InChI=1S/C13H12ClNO5S/c14-9-3-5-10(6-4-9)21(18,19)15-11(8-13(16)17)12-2-1-7-20-12/h1-7,11,15H,8H2,(H,16,17). The molecule has 0 aliphatic carbocycles. The number of aliphatic carboxylic acids is 1. The highest BCUT2D eigenvalue weighted by Gasteiger charge is 2.25. The first kappa shape index (κ1) is 15.6. The van der Waals surface area contributed by atoms with Crippen LogP contribution in [0.3, 0.4) is 0 Å². The molecule has 1 atom stereocenters. The van der Waals surface area contributed by atoms with Crippen molar-refractivity contribution in [2.24, 2.45) is 0 Å². The van der Waals surface area contributed by atoms with E-state index in [1.54, 1.807) is 6.07 Å². The minimum absolute atomic E-state index is 0.00570. The van der Waals surface area contributed by atoms with E-state index in [1.165, 1.54) is 36.6 Å². The van der Waals surface area contributed by atoms with Crippen molar-refractivity contribution < 1.29 is 22.7 Å². The van der Waals surface area contributed by atoms with Gasteiger partial charge in [0, 0.05) is 5.02 Å². The minimum atomic E-state index is -3.88.